The van der Waals surface area contributed by atoms with E-state index in [0.29, 0.717) is 6.42 Å². The molecule has 0 saturated carbocycles. The van der Waals surface area contributed by atoms with Gasteiger partial charge in [-0.3, -0.25) is 4.79 Å². The Labute approximate surface area is 152 Å². The van der Waals surface area contributed by atoms with Gasteiger partial charge in [0.2, 0.25) is 5.91 Å². The normalized spacial score (nSPS) is 11.3. The molecule has 0 amide bonds. The lowest BCUT2D eigenvalue weighted by molar-refractivity contribution is 0.0886. The third-order valence-electron chi connectivity index (χ3n) is 4.83. The lowest BCUT2D eigenvalue weighted by Crippen LogP contribution is -2.12. The van der Waals surface area contributed by atoms with Crippen molar-refractivity contribution in [2.45, 2.75) is 90.9 Å². The van der Waals surface area contributed by atoms with Crippen LogP contribution in [-0.2, 0) is 0 Å². The van der Waals surface area contributed by atoms with Crippen molar-refractivity contribution in [3.63, 3.8) is 0 Å². The molecule has 2 rings (SSSR count). The summed E-state index contributed by atoms with van der Waals surface area (Å²) in [6, 6.07) is 5.90. The molecule has 1 aromatic carbocycles. The lowest BCUT2D eigenvalue weighted by Gasteiger charge is -2.03. The van der Waals surface area contributed by atoms with Gasteiger partial charge in [0.05, 0.1) is 5.52 Å². The molecular weight excluding hydrogens is 310 g/mol. The number of carbonyl (C=O) groups excluding carboxylic acids is 1. The average Bonchev–Trinajstić information content (AvgIpc) is 3.02. The van der Waals surface area contributed by atoms with Crippen LogP contribution >= 0.6 is 0 Å². The molecule has 0 aliphatic rings. The predicted molar refractivity (Wildman–Crippen MR) is 104 cm³/mol. The fourth-order valence-electron chi connectivity index (χ4n) is 3.26. The first-order valence-corrected chi connectivity index (χ1v) is 10.1. The summed E-state index contributed by atoms with van der Waals surface area (Å²) in [7, 11) is 0. The Kier molecular flexibility index (Phi) is 8.64. The van der Waals surface area contributed by atoms with Crippen molar-refractivity contribution < 1.29 is 4.79 Å². The summed E-state index contributed by atoms with van der Waals surface area (Å²) in [5.74, 6) is 0.0577. The number of nitrogens with zero attached hydrogens (tertiary/aromatic N) is 3. The van der Waals surface area contributed by atoms with Crippen molar-refractivity contribution in [3.8, 4) is 0 Å². The molecule has 1 heterocycles. The molecule has 0 unspecified atom stereocenters. The summed E-state index contributed by atoms with van der Waals surface area (Å²) in [4.78, 5) is 12.3. The third kappa shape index (κ3) is 6.60. The molecule has 138 valence electrons. The van der Waals surface area contributed by atoms with Gasteiger partial charge in [-0.25, -0.2) is 0 Å². The molecule has 1 aromatic heterocycles. The molecule has 0 aliphatic carbocycles. The van der Waals surface area contributed by atoms with Crippen molar-refractivity contribution in [1.29, 1.82) is 0 Å². The van der Waals surface area contributed by atoms with Crippen LogP contribution in [0, 0.1) is 6.92 Å². The molecule has 0 fully saturated rings. The molecule has 0 aliphatic heterocycles. The summed E-state index contributed by atoms with van der Waals surface area (Å²) in [5.41, 5.74) is 2.75. The zero-order valence-corrected chi connectivity index (χ0v) is 16.0. The van der Waals surface area contributed by atoms with Gasteiger partial charge in [-0.05, 0) is 31.0 Å². The van der Waals surface area contributed by atoms with Gasteiger partial charge < -0.3 is 0 Å². The molecule has 0 N–H and O–H groups in total. The fraction of sp³-hybridized carbons (Fsp3) is 0.667. The summed E-state index contributed by atoms with van der Waals surface area (Å²) in [6.45, 7) is 4.28. The van der Waals surface area contributed by atoms with Crippen LogP contribution in [0.1, 0.15) is 94.3 Å². The highest BCUT2D eigenvalue weighted by Crippen LogP contribution is 2.15. The van der Waals surface area contributed by atoms with Crippen molar-refractivity contribution in [2.75, 3.05) is 0 Å². The Balaban J connectivity index is 1.56. The van der Waals surface area contributed by atoms with Gasteiger partial charge in [0.15, 0.2) is 0 Å². The Morgan fingerprint density at radius 1 is 0.920 bits per heavy atom. The second-order valence-electron chi connectivity index (χ2n) is 7.17. The van der Waals surface area contributed by atoms with Crippen LogP contribution in [0.5, 0.6) is 0 Å². The molecule has 0 atom stereocenters. The number of carbonyl (C=O) groups is 1. The highest BCUT2D eigenvalue weighted by atomic mass is 16.2. The van der Waals surface area contributed by atoms with Gasteiger partial charge >= 0.3 is 0 Å². The highest BCUT2D eigenvalue weighted by Gasteiger charge is 2.11. The molecule has 0 radical (unpaired) electrons. The van der Waals surface area contributed by atoms with Gasteiger partial charge in [-0.15, -0.1) is 5.10 Å². The van der Waals surface area contributed by atoms with Crippen molar-refractivity contribution in [1.82, 2.24) is 15.0 Å². The maximum atomic E-state index is 12.3. The SMILES string of the molecule is CCCCCCCCCCCCCC(=O)n1nnc2cc(C)ccc21. The summed E-state index contributed by atoms with van der Waals surface area (Å²) >= 11 is 0. The first kappa shape index (κ1) is 19.6. The number of hydrogen-bond donors (Lipinski definition) is 0. The van der Waals surface area contributed by atoms with E-state index in [0.717, 1.165) is 29.4 Å². The minimum Gasteiger partial charge on any atom is -0.273 e. The number of aromatic nitrogens is 3. The van der Waals surface area contributed by atoms with E-state index in [1.807, 2.05) is 25.1 Å². The largest absolute Gasteiger partial charge is 0.273 e. The van der Waals surface area contributed by atoms with Crippen LogP contribution in [0.3, 0.4) is 0 Å². The van der Waals surface area contributed by atoms with Crippen LogP contribution in [0.2, 0.25) is 0 Å². The molecule has 25 heavy (non-hydrogen) atoms. The van der Waals surface area contributed by atoms with E-state index >= 15 is 0 Å². The Bertz CT molecular complexity index is 648. The third-order valence-corrected chi connectivity index (χ3v) is 4.83. The molecular formula is C21H33N3O. The minimum atomic E-state index is 0.0577. The van der Waals surface area contributed by atoms with E-state index < -0.39 is 0 Å². The number of fused-ring (bicyclic) bond motifs is 1. The van der Waals surface area contributed by atoms with Gasteiger partial charge in [0.25, 0.3) is 0 Å². The maximum absolute atomic E-state index is 12.3. The van der Waals surface area contributed by atoms with Crippen molar-refractivity contribution in [2.24, 2.45) is 0 Å². The predicted octanol–water partition coefficient (Wildman–Crippen LogP) is 6.08. The summed E-state index contributed by atoms with van der Waals surface area (Å²) in [5, 5.41) is 8.12. The smallest absolute Gasteiger partial charge is 0.248 e. The maximum Gasteiger partial charge on any atom is 0.248 e. The first-order chi connectivity index (χ1) is 12.2. The average molecular weight is 344 g/mol. The number of unbranched alkanes of at least 4 members (excludes halogenated alkanes) is 10. The van der Waals surface area contributed by atoms with Crippen LogP contribution in [0.15, 0.2) is 18.2 Å². The number of hydrogen-bond acceptors (Lipinski definition) is 3. The summed E-state index contributed by atoms with van der Waals surface area (Å²) in [6.07, 6.45) is 14.8. The van der Waals surface area contributed by atoms with Gasteiger partial charge in [0.1, 0.15) is 5.52 Å². The second kappa shape index (κ2) is 11.0. The monoisotopic (exact) mass is 343 g/mol. The van der Waals surface area contributed by atoms with Crippen molar-refractivity contribution in [3.05, 3.63) is 23.8 Å². The number of rotatable bonds is 12. The molecule has 4 nitrogen and oxygen atoms in total. The Morgan fingerprint density at radius 2 is 1.52 bits per heavy atom. The van der Waals surface area contributed by atoms with Crippen molar-refractivity contribution >= 4 is 16.9 Å². The standard InChI is InChI=1S/C21H33N3O/c1-3-4-5-6-7-8-9-10-11-12-13-14-21(25)24-20-16-15-18(2)17-19(20)22-23-24/h15-17H,3-14H2,1-2H3. The van der Waals surface area contributed by atoms with Gasteiger partial charge in [0, 0.05) is 6.42 Å². The van der Waals surface area contributed by atoms with Gasteiger partial charge in [-0.2, -0.15) is 4.68 Å². The lowest BCUT2D eigenvalue weighted by atomic mass is 10.1. The minimum absolute atomic E-state index is 0.0577. The molecule has 0 saturated heterocycles. The Morgan fingerprint density at radius 3 is 2.16 bits per heavy atom. The van der Waals surface area contributed by atoms with Crippen LogP contribution in [0.4, 0.5) is 0 Å². The quantitative estimate of drug-likeness (QED) is 0.439. The number of benzene rings is 1. The molecule has 2 aromatic rings. The van der Waals surface area contributed by atoms with E-state index in [1.54, 1.807) is 0 Å². The van der Waals surface area contributed by atoms with Crippen LogP contribution in [0.25, 0.3) is 11.0 Å². The van der Waals surface area contributed by atoms with Crippen LogP contribution in [-0.4, -0.2) is 20.9 Å². The summed E-state index contributed by atoms with van der Waals surface area (Å²) < 4.78 is 1.46. The van der Waals surface area contributed by atoms with E-state index in [1.165, 1.54) is 62.5 Å². The number of aryl methyl sites for hydroxylation is 1. The van der Waals surface area contributed by atoms with E-state index in [9.17, 15) is 4.79 Å². The Hall–Kier alpha value is -1.71. The second-order valence-corrected chi connectivity index (χ2v) is 7.17. The first-order valence-electron chi connectivity index (χ1n) is 10.1. The van der Waals surface area contributed by atoms with E-state index in [4.69, 9.17) is 0 Å². The molecule has 0 bridgehead atoms. The van der Waals surface area contributed by atoms with E-state index in [2.05, 4.69) is 17.2 Å². The topological polar surface area (TPSA) is 47.8 Å². The van der Waals surface area contributed by atoms with Gasteiger partial charge in [-0.1, -0.05) is 82.4 Å². The molecule has 0 spiro atoms. The zero-order chi connectivity index (χ0) is 17.9. The van der Waals surface area contributed by atoms with E-state index in [-0.39, 0.29) is 5.91 Å². The fourth-order valence-corrected chi connectivity index (χ4v) is 3.26. The van der Waals surface area contributed by atoms with Crippen LogP contribution < -0.4 is 0 Å². The molecule has 4 heteroatoms. The highest BCUT2D eigenvalue weighted by molar-refractivity contribution is 5.88. The zero-order valence-electron chi connectivity index (χ0n) is 16.0.